The maximum atomic E-state index is 9.27. The molecule has 2 bridgehead atoms. The zero-order valence-corrected chi connectivity index (χ0v) is 92.8. The van der Waals surface area contributed by atoms with Crippen molar-refractivity contribution >= 4 is 0 Å². The van der Waals surface area contributed by atoms with Crippen LogP contribution >= 0.6 is 0 Å². The summed E-state index contributed by atoms with van der Waals surface area (Å²) < 4.78 is 56.1. The predicted molar refractivity (Wildman–Crippen MR) is 593 cm³/mol. The monoisotopic (exact) mass is 1950 g/mol. The Hall–Kier alpha value is -8.58. The summed E-state index contributed by atoms with van der Waals surface area (Å²) in [7, 11) is 1.71. The fraction of sp³-hybridized carbons (Fsp3) is 0.591. The first-order chi connectivity index (χ1) is 68.5. The highest BCUT2D eigenvalue weighted by molar-refractivity contribution is 5.47. The van der Waals surface area contributed by atoms with E-state index in [1.807, 2.05) is 36.4 Å². The molecule has 10 aliphatic rings. The average Bonchev–Trinajstić information content (AvgIpc) is 1.59. The molecule has 0 heterocycles. The summed E-state index contributed by atoms with van der Waals surface area (Å²) in [4.78, 5) is 0. The molecule has 21 atom stereocenters. The van der Waals surface area contributed by atoms with E-state index in [-0.39, 0.29) is 36.7 Å². The fourth-order valence-electron chi connectivity index (χ4n) is 24.9. The Labute approximate surface area is 866 Å². The second-order valence-electron chi connectivity index (χ2n) is 47.3. The Morgan fingerprint density at radius 2 is 0.713 bits per heavy atom. The molecule has 10 aliphatic carbocycles. The Kier molecular flexibility index (Phi) is 40.9. The van der Waals surface area contributed by atoms with Crippen molar-refractivity contribution in [1.82, 2.24) is 0 Å². The minimum Gasteiger partial charge on any atom is -0.508 e. The summed E-state index contributed by atoms with van der Waals surface area (Å²) >= 11 is 0. The van der Waals surface area contributed by atoms with Crippen LogP contribution in [0.5, 0.6) is 40.2 Å². The molecule has 5 saturated carbocycles. The minimum absolute atomic E-state index is 0.0715. The van der Waals surface area contributed by atoms with E-state index in [0.29, 0.717) is 64.9 Å². The quantitative estimate of drug-likeness (QED) is 0.0418. The molecule has 0 amide bonds. The van der Waals surface area contributed by atoms with Gasteiger partial charge in [-0.1, -0.05) is 304 Å². The van der Waals surface area contributed by atoms with Crippen LogP contribution in [0.3, 0.4) is 0 Å². The Bertz CT molecular complexity index is 5120. The molecule has 0 spiro atoms. The molecule has 780 valence electrons. The van der Waals surface area contributed by atoms with E-state index >= 15 is 0 Å². The number of hydrogen-bond acceptors (Lipinski definition) is 11. The minimum atomic E-state index is -0.466. The molecular formula is C132H186O11. The number of methoxy groups -OCH3 is 1. The van der Waals surface area contributed by atoms with Crippen molar-refractivity contribution < 1.29 is 52.8 Å². The topological polar surface area (TPSA) is 124 Å². The lowest BCUT2D eigenvalue weighted by Crippen LogP contribution is -2.43. The van der Waals surface area contributed by atoms with Crippen molar-refractivity contribution in [3.8, 4) is 40.2 Å². The van der Waals surface area contributed by atoms with Crippen LogP contribution in [0.25, 0.3) is 0 Å². The number of aromatic hydroxyl groups is 2. The number of hydrogen-bond donors (Lipinski definition) is 2. The van der Waals surface area contributed by atoms with Gasteiger partial charge in [-0.3, -0.25) is 0 Å². The van der Waals surface area contributed by atoms with E-state index in [0.717, 1.165) is 143 Å². The molecular weight excluding hydrogens is 1760 g/mol. The molecule has 0 saturated heterocycles. The standard InChI is InChI=1S/C26H30O2.C25H36O2.2C22H34O2.C15H24O.2C11H14O/c1-5-20(2)21-16-18-24(19-17-21)28-25(27-4)26(3,22-12-8-6-9-13-22)23-14-10-7-11-15-23;1-14(2)25(26-19-8-9-20-16(4)15(3)10-17(20)11-19)27-24-13-18-12-23(24)22-7-5-6-21(18)22;2*1-15(2)23-22(13-18-8-6-5-7-9-18)24-20-10-11-21-17(4)16(3)12-19(21)14-20;1-6-12(3)13-8-10-14(11-9-13)16-15(4,5)7-2;2*1-7-5-9-6-10(12)3-4-11(9)8(7)2/h6-20,25H,5H2,1-4H3;8-9,11,14-16,18,21-25H,5-7,10,12-13H2,1-4H3;2*10-11,14-18,22H,5-9,12-13H2,1-4H3;8-12H,6-7H2,1-5H3;2*3-4,6-8,12H,5H2,1-2H3. The summed E-state index contributed by atoms with van der Waals surface area (Å²) in [5.74, 6) is 19.3. The first-order valence-corrected chi connectivity index (χ1v) is 56.7. The van der Waals surface area contributed by atoms with Gasteiger partial charge in [-0.25, -0.2) is 0 Å². The van der Waals surface area contributed by atoms with Crippen LogP contribution in [0.1, 0.15) is 414 Å². The second kappa shape index (κ2) is 52.3. The molecule has 143 heavy (non-hydrogen) atoms. The molecule has 11 nitrogen and oxygen atoms in total. The lowest BCUT2D eigenvalue weighted by atomic mass is 9.75. The first-order valence-electron chi connectivity index (χ1n) is 56.7. The van der Waals surface area contributed by atoms with Gasteiger partial charge in [-0.05, 0) is 395 Å². The molecule has 21 unspecified atom stereocenters. The largest absolute Gasteiger partial charge is 0.508 e. The fourth-order valence-corrected chi connectivity index (χ4v) is 24.9. The van der Waals surface area contributed by atoms with Gasteiger partial charge in [-0.2, -0.15) is 0 Å². The van der Waals surface area contributed by atoms with Gasteiger partial charge in [0, 0.05) is 25.9 Å². The molecule has 2 N–H and O–H groups in total. The molecule has 9 aromatic rings. The van der Waals surface area contributed by atoms with E-state index in [2.05, 4.69) is 318 Å². The van der Waals surface area contributed by atoms with E-state index < -0.39 is 11.7 Å². The maximum Gasteiger partial charge on any atom is 0.213 e. The van der Waals surface area contributed by atoms with Crippen molar-refractivity contribution in [3.05, 3.63) is 278 Å². The summed E-state index contributed by atoms with van der Waals surface area (Å²) in [6.45, 7) is 53.5. The summed E-state index contributed by atoms with van der Waals surface area (Å²) in [6.07, 6.45) is 31.8. The van der Waals surface area contributed by atoms with Crippen molar-refractivity contribution in [2.75, 3.05) is 7.11 Å². The van der Waals surface area contributed by atoms with Crippen LogP contribution in [0.4, 0.5) is 0 Å². The van der Waals surface area contributed by atoms with E-state index in [9.17, 15) is 10.2 Å². The predicted octanol–water partition coefficient (Wildman–Crippen LogP) is 35.1. The van der Waals surface area contributed by atoms with Gasteiger partial charge in [0.15, 0.2) is 12.6 Å². The maximum absolute atomic E-state index is 9.27. The highest BCUT2D eigenvalue weighted by Gasteiger charge is 2.55. The Morgan fingerprint density at radius 1 is 0.357 bits per heavy atom. The van der Waals surface area contributed by atoms with E-state index in [4.69, 9.17) is 42.6 Å². The number of rotatable bonds is 30. The third kappa shape index (κ3) is 29.7. The number of fused-ring (bicyclic) bond motifs is 10. The van der Waals surface area contributed by atoms with Crippen LogP contribution in [0.15, 0.2) is 200 Å². The van der Waals surface area contributed by atoms with Gasteiger partial charge >= 0.3 is 0 Å². The zero-order chi connectivity index (χ0) is 103. The lowest BCUT2D eigenvalue weighted by Gasteiger charge is -2.37. The number of phenolic OH excluding ortho intramolecular Hbond substituents is 2. The first kappa shape index (κ1) is 112. The lowest BCUT2D eigenvalue weighted by molar-refractivity contribution is -0.162. The number of benzene rings is 9. The smallest absolute Gasteiger partial charge is 0.213 e. The normalized spacial score (nSPS) is 25.0. The van der Waals surface area contributed by atoms with Crippen LogP contribution in [0, 0.1) is 71.0 Å². The van der Waals surface area contributed by atoms with Gasteiger partial charge < -0.3 is 52.8 Å². The van der Waals surface area contributed by atoms with Crippen LogP contribution < -0.4 is 23.7 Å². The highest BCUT2D eigenvalue weighted by Crippen LogP contribution is 2.60. The third-order valence-electron chi connectivity index (χ3n) is 35.4. The molecule has 9 aromatic carbocycles. The molecule has 0 aliphatic heterocycles. The Balaban J connectivity index is 0.000000143. The Morgan fingerprint density at radius 3 is 1.08 bits per heavy atom. The number of phenols is 2. The van der Waals surface area contributed by atoms with Crippen molar-refractivity contribution in [2.24, 2.45) is 71.0 Å². The van der Waals surface area contributed by atoms with Gasteiger partial charge in [0.1, 0.15) is 45.8 Å². The van der Waals surface area contributed by atoms with E-state index in [1.54, 1.807) is 19.2 Å². The molecule has 5 fully saturated rings. The van der Waals surface area contributed by atoms with Gasteiger partial charge in [0.25, 0.3) is 0 Å². The molecule has 11 heteroatoms. The molecule has 19 rings (SSSR count). The van der Waals surface area contributed by atoms with Gasteiger partial charge in [0.05, 0.1) is 23.7 Å². The van der Waals surface area contributed by atoms with Crippen LogP contribution in [-0.4, -0.2) is 66.4 Å². The SMILES string of the molecule is CC(C)C(Oc1ccc2c(c1)CC(C)C2C)OC1CC2CC1C1CCCC21.CC(C)OC(CC1CCCCC1)Oc1ccc2c(c1)CC(C)C2C.CC(C)OC(CC1CCCCC1)Oc1ccc2c(c1)CC(C)C2C.CC1Cc2cc(O)ccc2C1C.CC1Cc2cc(O)ccc2C1C.CCC(C)c1ccc(OC(C)(C)CC)cc1.CCC(C)c1ccc(OC(OC)C(C)(c2ccccc2)c2ccccc2)cc1. The second-order valence-corrected chi connectivity index (χ2v) is 47.3. The summed E-state index contributed by atoms with van der Waals surface area (Å²) in [6, 6.07) is 69.3. The molecule has 0 aromatic heterocycles. The highest BCUT2D eigenvalue weighted by atomic mass is 16.7. The van der Waals surface area contributed by atoms with Crippen molar-refractivity contribution in [1.29, 1.82) is 0 Å². The zero-order valence-electron chi connectivity index (χ0n) is 92.8. The van der Waals surface area contributed by atoms with Crippen molar-refractivity contribution in [3.63, 3.8) is 0 Å². The summed E-state index contributed by atoms with van der Waals surface area (Å²) in [5, 5.41) is 18.5. The van der Waals surface area contributed by atoms with Gasteiger partial charge in [-0.15, -0.1) is 0 Å². The number of ether oxygens (including phenoxy) is 9. The van der Waals surface area contributed by atoms with Crippen LogP contribution in [-0.2, 0) is 56.5 Å². The molecule has 0 radical (unpaired) electrons. The van der Waals surface area contributed by atoms with Crippen molar-refractivity contribution in [2.45, 2.75) is 423 Å². The summed E-state index contributed by atoms with van der Waals surface area (Å²) in [5.41, 5.74) is 18.9. The van der Waals surface area contributed by atoms with E-state index in [1.165, 1.54) is 189 Å². The van der Waals surface area contributed by atoms with Gasteiger partial charge in [0.2, 0.25) is 12.6 Å². The average molecular weight is 1950 g/mol. The third-order valence-corrected chi connectivity index (χ3v) is 35.4. The van der Waals surface area contributed by atoms with Crippen LogP contribution in [0.2, 0.25) is 0 Å².